The number of phosphoric acid groups is 1. The van der Waals surface area contributed by atoms with Crippen LogP contribution in [-0.2, 0) is 27.9 Å². The maximum Gasteiger partial charge on any atom is 0.472 e. The summed E-state index contributed by atoms with van der Waals surface area (Å²) in [5, 5.41) is 0. The van der Waals surface area contributed by atoms with Gasteiger partial charge in [-0.1, -0.05) is 133 Å². The van der Waals surface area contributed by atoms with Crippen LogP contribution < -0.4 is 0 Å². The van der Waals surface area contributed by atoms with E-state index in [1.165, 1.54) is 96.3 Å². The average Bonchev–Trinajstić information content (AvgIpc) is 3.13. The maximum atomic E-state index is 12.7. The Morgan fingerprint density at radius 1 is 0.582 bits per heavy atom. The van der Waals surface area contributed by atoms with E-state index in [2.05, 4.69) is 62.5 Å². The number of likely N-dealkylation sites (N-methyl/N-ethyl adjacent to an activating group) is 1. The van der Waals surface area contributed by atoms with Crippen molar-refractivity contribution in [2.75, 3.05) is 47.5 Å². The number of nitrogens with zero attached hydrogens (tertiary/aromatic N) is 1. The van der Waals surface area contributed by atoms with Gasteiger partial charge in [0.25, 0.3) is 0 Å². The van der Waals surface area contributed by atoms with Crippen LogP contribution in [-0.4, -0.2) is 69.0 Å². The molecule has 0 aromatic heterocycles. The molecule has 0 aliphatic carbocycles. The van der Waals surface area contributed by atoms with Gasteiger partial charge in [-0.05, 0) is 89.5 Å². The summed E-state index contributed by atoms with van der Waals surface area (Å²) in [5.74, 6) is -0.360. The smallest absolute Gasteiger partial charge is 0.472 e. The number of hydrogen-bond donors (Lipinski definition) is 1. The van der Waals surface area contributed by atoms with Gasteiger partial charge in [0.1, 0.15) is 19.8 Å². The Hall–Kier alpha value is -1.96. The number of phosphoric ester groups is 1. The van der Waals surface area contributed by atoms with Crippen LogP contribution in [0.15, 0.2) is 60.9 Å². The third-order valence-electron chi connectivity index (χ3n) is 9.12. The van der Waals surface area contributed by atoms with Gasteiger partial charge < -0.3 is 18.9 Å². The highest BCUT2D eigenvalue weighted by molar-refractivity contribution is 7.47. The molecule has 0 rings (SSSR count). The van der Waals surface area contributed by atoms with Crippen molar-refractivity contribution in [1.29, 1.82) is 0 Å². The molecule has 0 saturated carbocycles. The molecule has 0 saturated heterocycles. The first-order valence-electron chi connectivity index (χ1n) is 22.1. The van der Waals surface area contributed by atoms with Gasteiger partial charge in [0.15, 0.2) is 6.10 Å². The molecule has 8 nitrogen and oxygen atoms in total. The zero-order valence-electron chi connectivity index (χ0n) is 36.1. The highest BCUT2D eigenvalue weighted by Gasteiger charge is 2.26. The Balaban J connectivity index is 4.36. The van der Waals surface area contributed by atoms with Crippen molar-refractivity contribution in [3.63, 3.8) is 0 Å². The lowest BCUT2D eigenvalue weighted by molar-refractivity contribution is -0.870. The summed E-state index contributed by atoms with van der Waals surface area (Å²) in [6.07, 6.45) is 49.1. The van der Waals surface area contributed by atoms with E-state index in [0.717, 1.165) is 57.8 Å². The van der Waals surface area contributed by atoms with E-state index in [4.69, 9.17) is 18.5 Å². The second kappa shape index (κ2) is 38.9. The number of carbonyl (C=O) groups excluding carboxylic acids is 1. The third kappa shape index (κ3) is 43.0. The van der Waals surface area contributed by atoms with Gasteiger partial charge >= 0.3 is 13.8 Å². The van der Waals surface area contributed by atoms with Crippen molar-refractivity contribution in [3.8, 4) is 0 Å². The molecule has 0 radical (unpaired) electrons. The van der Waals surface area contributed by atoms with Crippen molar-refractivity contribution >= 4 is 13.8 Å². The summed E-state index contributed by atoms with van der Waals surface area (Å²) in [5.41, 5.74) is 0. The van der Waals surface area contributed by atoms with E-state index < -0.39 is 13.9 Å². The summed E-state index contributed by atoms with van der Waals surface area (Å²) in [7, 11) is 1.61. The van der Waals surface area contributed by atoms with Crippen LogP contribution >= 0.6 is 7.82 Å². The van der Waals surface area contributed by atoms with E-state index in [0.29, 0.717) is 11.0 Å². The van der Waals surface area contributed by atoms with Crippen LogP contribution in [0, 0.1) is 0 Å². The molecule has 0 aliphatic rings. The lowest BCUT2D eigenvalue weighted by Crippen LogP contribution is -2.37. The molecule has 0 spiro atoms. The number of esters is 1. The van der Waals surface area contributed by atoms with Crippen LogP contribution in [0.3, 0.4) is 0 Å². The van der Waals surface area contributed by atoms with Crippen molar-refractivity contribution in [1.82, 2.24) is 0 Å². The van der Waals surface area contributed by atoms with Crippen LogP contribution in [0.5, 0.6) is 0 Å². The highest BCUT2D eigenvalue weighted by Crippen LogP contribution is 2.43. The van der Waals surface area contributed by atoms with E-state index in [9.17, 15) is 14.3 Å². The van der Waals surface area contributed by atoms with Gasteiger partial charge in [-0.15, -0.1) is 0 Å². The topological polar surface area (TPSA) is 91.3 Å². The predicted octanol–water partition coefficient (Wildman–Crippen LogP) is 13.3. The van der Waals surface area contributed by atoms with E-state index in [-0.39, 0.29) is 32.2 Å². The molecule has 2 atom stereocenters. The molecule has 0 aliphatic heterocycles. The Morgan fingerprint density at radius 3 is 1.56 bits per heavy atom. The standard InChI is InChI=1S/C46H84NO7P/c1-6-8-10-12-14-16-18-20-22-24-25-27-29-31-33-35-37-39-46(48)54-45(44-53-55(49,50)52-42-40-47(3,4)5)43-51-41-38-36-34-32-30-28-26-23-21-19-17-15-13-11-9-7-2/h14,16-17,19-20,22,25,27,38,41,45H,6-13,15,18,21,23-24,26,28-37,39-40,42-44H2,1-5H3/p+1/b16-14-,19-17-,22-20-,27-25-,41-38-/t45-/m1/s1. The Morgan fingerprint density at radius 2 is 1.02 bits per heavy atom. The average molecular weight is 795 g/mol. The lowest BCUT2D eigenvalue weighted by atomic mass is 10.1. The van der Waals surface area contributed by atoms with Crippen LogP contribution in [0.1, 0.15) is 174 Å². The molecule has 0 bridgehead atoms. The van der Waals surface area contributed by atoms with Gasteiger partial charge in [0, 0.05) is 6.42 Å². The Kier molecular flexibility index (Phi) is 37.5. The van der Waals surface area contributed by atoms with E-state index >= 15 is 0 Å². The highest BCUT2D eigenvalue weighted by atomic mass is 31.2. The van der Waals surface area contributed by atoms with Crippen molar-refractivity contribution < 1.29 is 37.3 Å². The predicted molar refractivity (Wildman–Crippen MR) is 233 cm³/mol. The third-order valence-corrected chi connectivity index (χ3v) is 10.1. The first-order chi connectivity index (χ1) is 26.6. The maximum absolute atomic E-state index is 12.7. The zero-order chi connectivity index (χ0) is 40.6. The van der Waals surface area contributed by atoms with Crippen LogP contribution in [0.4, 0.5) is 0 Å². The molecular weight excluding hydrogens is 709 g/mol. The summed E-state index contributed by atoms with van der Waals surface area (Å²) in [6.45, 7) is 4.85. The molecule has 0 aromatic rings. The number of quaternary nitrogens is 1. The fourth-order valence-corrected chi connectivity index (χ4v) is 6.38. The molecule has 1 N–H and O–H groups in total. The largest absolute Gasteiger partial charge is 0.498 e. The minimum atomic E-state index is -4.30. The fraction of sp³-hybridized carbons (Fsp3) is 0.761. The molecule has 55 heavy (non-hydrogen) atoms. The molecule has 0 amide bonds. The minimum absolute atomic E-state index is 0.0333. The minimum Gasteiger partial charge on any atom is -0.498 e. The summed E-state index contributed by atoms with van der Waals surface area (Å²) < 4.78 is 34.7. The SMILES string of the molecule is CCCCC/C=C\C/C=C\C/C=C\CCCCCCC(=O)O[C@H](CO/C=C\CCCCCCCC/C=C\CCCCCC)COP(=O)(O)OCC[N+](C)(C)C. The number of unbranched alkanes of at least 4 members (excludes halogenated alkanes) is 18. The zero-order valence-corrected chi connectivity index (χ0v) is 37.0. The van der Waals surface area contributed by atoms with Gasteiger partial charge in [-0.3, -0.25) is 13.8 Å². The number of carbonyl (C=O) groups is 1. The molecule has 9 heteroatoms. The molecule has 320 valence electrons. The van der Waals surface area contributed by atoms with Gasteiger partial charge in [-0.2, -0.15) is 0 Å². The number of hydrogen-bond acceptors (Lipinski definition) is 6. The first kappa shape index (κ1) is 53.0. The van der Waals surface area contributed by atoms with Crippen molar-refractivity contribution in [2.24, 2.45) is 0 Å². The summed E-state index contributed by atoms with van der Waals surface area (Å²) in [4.78, 5) is 22.9. The number of ether oxygens (including phenoxy) is 2. The van der Waals surface area contributed by atoms with E-state index in [1.807, 2.05) is 27.2 Å². The van der Waals surface area contributed by atoms with Gasteiger partial charge in [0.05, 0.1) is 34.0 Å². The fourth-order valence-electron chi connectivity index (χ4n) is 5.64. The van der Waals surface area contributed by atoms with Crippen LogP contribution in [0.25, 0.3) is 0 Å². The van der Waals surface area contributed by atoms with Crippen molar-refractivity contribution in [2.45, 2.75) is 180 Å². The number of allylic oxidation sites excluding steroid dienone is 9. The quantitative estimate of drug-likeness (QED) is 0.0165. The number of rotatable bonds is 40. The summed E-state index contributed by atoms with van der Waals surface area (Å²) in [6, 6.07) is 0. The second-order valence-electron chi connectivity index (χ2n) is 15.8. The summed E-state index contributed by atoms with van der Waals surface area (Å²) >= 11 is 0. The second-order valence-corrected chi connectivity index (χ2v) is 17.2. The first-order valence-corrected chi connectivity index (χ1v) is 23.6. The molecule has 0 aromatic carbocycles. The molecule has 0 heterocycles. The molecule has 1 unspecified atom stereocenters. The molecule has 0 fully saturated rings. The van der Waals surface area contributed by atoms with Crippen LogP contribution in [0.2, 0.25) is 0 Å². The van der Waals surface area contributed by atoms with Crippen molar-refractivity contribution in [3.05, 3.63) is 60.9 Å². The van der Waals surface area contributed by atoms with Gasteiger partial charge in [-0.25, -0.2) is 4.57 Å². The lowest BCUT2D eigenvalue weighted by Gasteiger charge is -2.24. The molecular formula is C46H85NO7P+. The normalized spacial score (nSPS) is 14.3. The van der Waals surface area contributed by atoms with E-state index in [1.54, 1.807) is 6.26 Å². The Bertz CT molecular complexity index is 1060. The Labute approximate surface area is 339 Å². The van der Waals surface area contributed by atoms with Gasteiger partial charge in [0.2, 0.25) is 0 Å². The monoisotopic (exact) mass is 795 g/mol.